The zero-order valence-electron chi connectivity index (χ0n) is 15.8. The molecule has 2 aromatic rings. The molecule has 1 unspecified atom stereocenters. The van der Waals surface area contributed by atoms with Crippen LogP contribution in [0.25, 0.3) is 0 Å². The van der Waals surface area contributed by atoms with Gasteiger partial charge in [-0.2, -0.15) is 5.26 Å². The molecule has 0 N–H and O–H groups in total. The van der Waals surface area contributed by atoms with Gasteiger partial charge in [-0.25, -0.2) is 8.78 Å². The van der Waals surface area contributed by atoms with Gasteiger partial charge in [0.2, 0.25) is 0 Å². The Balaban J connectivity index is 1.39. The van der Waals surface area contributed by atoms with Crippen LogP contribution in [0, 0.1) is 23.0 Å². The highest BCUT2D eigenvalue weighted by Gasteiger charge is 2.22. The first kappa shape index (κ1) is 20.1. The predicted molar refractivity (Wildman–Crippen MR) is 101 cm³/mol. The molecule has 2 aromatic carbocycles. The fourth-order valence-electron chi connectivity index (χ4n) is 3.10. The van der Waals surface area contributed by atoms with Crippen LogP contribution in [0.4, 0.5) is 8.78 Å². The molecule has 1 fully saturated rings. The third-order valence-corrected chi connectivity index (χ3v) is 4.77. The van der Waals surface area contributed by atoms with E-state index in [-0.39, 0.29) is 12.0 Å². The van der Waals surface area contributed by atoms with Crippen LogP contribution in [0.1, 0.15) is 12.5 Å². The summed E-state index contributed by atoms with van der Waals surface area (Å²) >= 11 is 0. The fourth-order valence-corrected chi connectivity index (χ4v) is 3.10. The molecule has 0 amide bonds. The first-order valence-corrected chi connectivity index (χ1v) is 9.26. The molecular formula is C21H23F2N3O2. The molecule has 0 spiro atoms. The molecule has 0 radical (unpaired) electrons. The molecule has 0 aliphatic carbocycles. The Labute approximate surface area is 163 Å². The summed E-state index contributed by atoms with van der Waals surface area (Å²) in [6.45, 7) is 6.54. The molecule has 0 aromatic heterocycles. The van der Waals surface area contributed by atoms with Crippen molar-refractivity contribution in [3.63, 3.8) is 0 Å². The molecule has 28 heavy (non-hydrogen) atoms. The minimum Gasteiger partial charge on any atom is -0.492 e. The topological polar surface area (TPSA) is 48.7 Å². The number of halogens is 2. The largest absolute Gasteiger partial charge is 0.492 e. The third-order valence-electron chi connectivity index (χ3n) is 4.77. The minimum atomic E-state index is -0.689. The van der Waals surface area contributed by atoms with Crippen LogP contribution < -0.4 is 9.47 Å². The van der Waals surface area contributed by atoms with Gasteiger partial charge in [-0.05, 0) is 43.3 Å². The number of nitrogens with zero attached hydrogens (tertiary/aromatic N) is 3. The highest BCUT2D eigenvalue weighted by atomic mass is 19.1. The van der Waals surface area contributed by atoms with Gasteiger partial charge in [0, 0.05) is 38.8 Å². The van der Waals surface area contributed by atoms with Crippen molar-refractivity contribution in [1.29, 1.82) is 5.26 Å². The Hall–Kier alpha value is -2.69. The lowest BCUT2D eigenvalue weighted by Crippen LogP contribution is -2.51. The van der Waals surface area contributed by atoms with Gasteiger partial charge in [-0.15, -0.1) is 0 Å². The first-order valence-electron chi connectivity index (χ1n) is 9.26. The molecule has 1 saturated heterocycles. The highest BCUT2D eigenvalue weighted by molar-refractivity contribution is 5.34. The molecule has 5 nitrogen and oxygen atoms in total. The second-order valence-electron chi connectivity index (χ2n) is 6.65. The number of nitriles is 1. The van der Waals surface area contributed by atoms with E-state index in [4.69, 9.17) is 14.7 Å². The molecule has 1 atom stereocenters. The Kier molecular flexibility index (Phi) is 6.80. The summed E-state index contributed by atoms with van der Waals surface area (Å²) in [7, 11) is 0. The number of ether oxygens (including phenoxy) is 2. The quantitative estimate of drug-likeness (QED) is 0.730. The van der Waals surface area contributed by atoms with E-state index in [1.54, 1.807) is 24.3 Å². The van der Waals surface area contributed by atoms with E-state index >= 15 is 0 Å². The van der Waals surface area contributed by atoms with Crippen LogP contribution in [0.15, 0.2) is 42.5 Å². The number of piperazine rings is 1. The molecule has 1 heterocycles. The second-order valence-corrected chi connectivity index (χ2v) is 6.65. The lowest BCUT2D eigenvalue weighted by molar-refractivity contribution is -0.000366. The Morgan fingerprint density at radius 2 is 1.79 bits per heavy atom. The van der Waals surface area contributed by atoms with Crippen molar-refractivity contribution in [2.75, 3.05) is 39.3 Å². The smallest absolute Gasteiger partial charge is 0.168 e. The highest BCUT2D eigenvalue weighted by Crippen LogP contribution is 2.20. The van der Waals surface area contributed by atoms with Crippen molar-refractivity contribution in [1.82, 2.24) is 9.80 Å². The number of hydrogen-bond acceptors (Lipinski definition) is 5. The number of rotatable bonds is 7. The van der Waals surface area contributed by atoms with Crippen molar-refractivity contribution >= 4 is 0 Å². The van der Waals surface area contributed by atoms with E-state index in [2.05, 4.69) is 15.9 Å². The summed E-state index contributed by atoms with van der Waals surface area (Å²) in [5.41, 5.74) is 0.611. The van der Waals surface area contributed by atoms with Gasteiger partial charge in [0.1, 0.15) is 24.4 Å². The average Bonchev–Trinajstić information content (AvgIpc) is 2.71. The zero-order valence-corrected chi connectivity index (χ0v) is 15.8. The van der Waals surface area contributed by atoms with E-state index in [1.807, 2.05) is 6.92 Å². The van der Waals surface area contributed by atoms with Gasteiger partial charge in [0.15, 0.2) is 11.6 Å². The van der Waals surface area contributed by atoms with Crippen molar-refractivity contribution in [2.45, 2.75) is 13.2 Å². The van der Waals surface area contributed by atoms with E-state index in [0.29, 0.717) is 12.2 Å². The van der Waals surface area contributed by atoms with Gasteiger partial charge < -0.3 is 9.47 Å². The summed E-state index contributed by atoms with van der Waals surface area (Å²) in [5, 5.41) is 8.80. The summed E-state index contributed by atoms with van der Waals surface area (Å²) in [5.74, 6) is -0.493. The van der Waals surface area contributed by atoms with Crippen LogP contribution in [0.5, 0.6) is 11.5 Å². The van der Waals surface area contributed by atoms with E-state index in [1.165, 1.54) is 12.1 Å². The van der Waals surface area contributed by atoms with Gasteiger partial charge in [0.25, 0.3) is 0 Å². The van der Waals surface area contributed by atoms with Crippen LogP contribution in [0.3, 0.4) is 0 Å². The Morgan fingerprint density at radius 1 is 1.07 bits per heavy atom. The van der Waals surface area contributed by atoms with Crippen molar-refractivity contribution in [2.24, 2.45) is 0 Å². The SMILES string of the molecule is CC(Oc1ccc(F)cc1F)N1CCN(CCOc2ccc(C#N)cc2)CC1. The number of hydrogen-bond donors (Lipinski definition) is 0. The minimum absolute atomic E-state index is 0.0622. The predicted octanol–water partition coefficient (Wildman–Crippen LogP) is 3.26. The molecule has 148 valence electrons. The summed E-state index contributed by atoms with van der Waals surface area (Å²) < 4.78 is 38.1. The number of benzene rings is 2. The first-order chi connectivity index (χ1) is 13.5. The van der Waals surface area contributed by atoms with Crippen LogP contribution >= 0.6 is 0 Å². The van der Waals surface area contributed by atoms with Gasteiger partial charge >= 0.3 is 0 Å². The van der Waals surface area contributed by atoms with E-state index < -0.39 is 11.6 Å². The van der Waals surface area contributed by atoms with Gasteiger partial charge in [0.05, 0.1) is 11.6 Å². The fraction of sp³-hybridized carbons (Fsp3) is 0.381. The van der Waals surface area contributed by atoms with Crippen molar-refractivity contribution in [3.05, 3.63) is 59.7 Å². The summed E-state index contributed by atoms with van der Waals surface area (Å²) in [6.07, 6.45) is -0.294. The molecule has 3 rings (SSSR count). The summed E-state index contributed by atoms with van der Waals surface area (Å²) in [6, 6.07) is 12.5. The molecule has 7 heteroatoms. The van der Waals surface area contributed by atoms with E-state index in [9.17, 15) is 8.78 Å². The zero-order chi connectivity index (χ0) is 19.9. The van der Waals surface area contributed by atoms with Crippen molar-refractivity contribution in [3.8, 4) is 17.6 Å². The summed E-state index contributed by atoms with van der Waals surface area (Å²) in [4.78, 5) is 4.42. The molecular weight excluding hydrogens is 364 g/mol. The normalized spacial score (nSPS) is 16.4. The van der Waals surface area contributed by atoms with Crippen LogP contribution in [-0.4, -0.2) is 55.4 Å². The maximum atomic E-state index is 13.7. The molecule has 1 aliphatic rings. The second kappa shape index (κ2) is 9.49. The maximum absolute atomic E-state index is 13.7. The molecule has 0 bridgehead atoms. The molecule has 1 aliphatic heterocycles. The van der Waals surface area contributed by atoms with Crippen molar-refractivity contribution < 1.29 is 18.3 Å². The maximum Gasteiger partial charge on any atom is 0.168 e. The average molecular weight is 387 g/mol. The Bertz CT molecular complexity index is 815. The standard InChI is InChI=1S/C21H23F2N3O2/c1-16(28-21-7-4-18(22)14-20(21)23)26-10-8-25(9-11-26)12-13-27-19-5-2-17(15-24)3-6-19/h2-7,14,16H,8-13H2,1H3. The lowest BCUT2D eigenvalue weighted by atomic mass is 10.2. The van der Waals surface area contributed by atoms with Gasteiger partial charge in [-0.3, -0.25) is 9.80 Å². The monoisotopic (exact) mass is 387 g/mol. The van der Waals surface area contributed by atoms with Crippen LogP contribution in [0.2, 0.25) is 0 Å². The molecule has 0 saturated carbocycles. The van der Waals surface area contributed by atoms with E-state index in [0.717, 1.165) is 44.5 Å². The van der Waals surface area contributed by atoms with Crippen LogP contribution in [-0.2, 0) is 0 Å². The lowest BCUT2D eigenvalue weighted by Gasteiger charge is -2.37. The Morgan fingerprint density at radius 3 is 2.43 bits per heavy atom. The third kappa shape index (κ3) is 5.41. The van der Waals surface area contributed by atoms with Gasteiger partial charge in [-0.1, -0.05) is 0 Å².